The molecule has 5 heteroatoms. The summed E-state index contributed by atoms with van der Waals surface area (Å²) in [4.78, 5) is 8.26. The van der Waals surface area contributed by atoms with Crippen LogP contribution in [0.4, 0.5) is 11.8 Å². The molecule has 4 nitrogen and oxygen atoms in total. The van der Waals surface area contributed by atoms with Gasteiger partial charge in [-0.1, -0.05) is 18.2 Å². The topological polar surface area (TPSA) is 77.8 Å². The fourth-order valence-corrected chi connectivity index (χ4v) is 0.989. The van der Waals surface area contributed by atoms with Gasteiger partial charge in [-0.15, -0.1) is 12.6 Å². The van der Waals surface area contributed by atoms with E-state index in [0.717, 1.165) is 4.90 Å². The van der Waals surface area contributed by atoms with Gasteiger partial charge < -0.3 is 11.5 Å². The van der Waals surface area contributed by atoms with Gasteiger partial charge in [0.15, 0.2) is 0 Å². The molecule has 15 heavy (non-hydrogen) atoms. The molecule has 0 saturated carbocycles. The lowest BCUT2D eigenvalue weighted by Crippen LogP contribution is -1.96. The number of aromatic nitrogens is 2. The highest BCUT2D eigenvalue weighted by molar-refractivity contribution is 7.80. The zero-order chi connectivity index (χ0) is 11.1. The number of hydrogen-bond donors (Lipinski definition) is 3. The summed E-state index contributed by atoms with van der Waals surface area (Å²) in [6.45, 7) is 0. The minimum atomic E-state index is 0.213. The summed E-state index contributed by atoms with van der Waals surface area (Å²) in [6, 6.07) is 11.4. The van der Waals surface area contributed by atoms with E-state index in [9.17, 15) is 0 Å². The van der Waals surface area contributed by atoms with Crippen molar-refractivity contribution >= 4 is 24.4 Å². The first-order valence-electron chi connectivity index (χ1n) is 4.26. The summed E-state index contributed by atoms with van der Waals surface area (Å²) in [5.41, 5.74) is 10.4. The lowest BCUT2D eigenvalue weighted by atomic mass is 10.4. The molecule has 0 spiro atoms. The molecule has 1 aromatic heterocycles. The number of anilines is 2. The summed E-state index contributed by atoms with van der Waals surface area (Å²) in [7, 11) is 0. The van der Waals surface area contributed by atoms with Crippen molar-refractivity contribution in [2.45, 2.75) is 4.90 Å². The summed E-state index contributed by atoms with van der Waals surface area (Å²) < 4.78 is 0. The van der Waals surface area contributed by atoms with Gasteiger partial charge in [0.05, 0.1) is 0 Å². The van der Waals surface area contributed by atoms with Gasteiger partial charge in [0.25, 0.3) is 0 Å². The maximum Gasteiger partial charge on any atom is 0.221 e. The van der Waals surface area contributed by atoms with Gasteiger partial charge in [-0.05, 0) is 18.2 Å². The lowest BCUT2D eigenvalue weighted by molar-refractivity contribution is 1.19. The van der Waals surface area contributed by atoms with Crippen LogP contribution in [0.15, 0.2) is 47.5 Å². The Labute approximate surface area is 93.8 Å². The normalized spacial score (nSPS) is 8.87. The molecule has 0 amide bonds. The van der Waals surface area contributed by atoms with Crippen molar-refractivity contribution in [3.8, 4) is 0 Å². The van der Waals surface area contributed by atoms with Gasteiger partial charge in [-0.25, -0.2) is 4.98 Å². The maximum atomic E-state index is 5.23. The Morgan fingerprint density at radius 1 is 1.00 bits per heavy atom. The van der Waals surface area contributed by atoms with Crippen molar-refractivity contribution in [2.75, 3.05) is 11.5 Å². The van der Waals surface area contributed by atoms with Crippen LogP contribution in [0.5, 0.6) is 0 Å². The van der Waals surface area contributed by atoms with Crippen molar-refractivity contribution in [3.63, 3.8) is 0 Å². The molecule has 2 rings (SSSR count). The molecule has 78 valence electrons. The van der Waals surface area contributed by atoms with Gasteiger partial charge in [-0.2, -0.15) is 4.98 Å². The Balaban J connectivity index is 0.000000151. The van der Waals surface area contributed by atoms with Crippen molar-refractivity contribution in [3.05, 3.63) is 42.6 Å². The van der Waals surface area contributed by atoms with E-state index in [1.807, 2.05) is 30.3 Å². The zero-order valence-corrected chi connectivity index (χ0v) is 8.93. The number of rotatable bonds is 0. The van der Waals surface area contributed by atoms with E-state index in [1.54, 1.807) is 6.07 Å². The van der Waals surface area contributed by atoms with E-state index in [2.05, 4.69) is 22.6 Å². The Morgan fingerprint density at radius 2 is 1.67 bits per heavy atom. The molecule has 0 fully saturated rings. The van der Waals surface area contributed by atoms with Crippen LogP contribution in [-0.2, 0) is 0 Å². The quantitative estimate of drug-likeness (QED) is 0.589. The standard InChI is InChI=1S/C6H6S.C4H6N4/c7-6-4-2-1-3-5-6;5-3-1-2-7-4(6)8-3/h1-5,7H;1-2H,(H4,5,6,7,8). The number of hydrogen-bond acceptors (Lipinski definition) is 5. The van der Waals surface area contributed by atoms with Crippen molar-refractivity contribution < 1.29 is 0 Å². The van der Waals surface area contributed by atoms with Gasteiger partial charge in [0.1, 0.15) is 5.82 Å². The zero-order valence-electron chi connectivity index (χ0n) is 8.04. The van der Waals surface area contributed by atoms with E-state index >= 15 is 0 Å². The third-order valence-corrected chi connectivity index (χ3v) is 1.75. The molecule has 0 aliphatic carbocycles. The lowest BCUT2D eigenvalue weighted by Gasteiger charge is -1.89. The third-order valence-electron chi connectivity index (χ3n) is 1.45. The Hall–Kier alpha value is -1.75. The predicted octanol–water partition coefficient (Wildman–Crippen LogP) is 1.62. The molecule has 0 bridgehead atoms. The Bertz CT molecular complexity index is 388. The van der Waals surface area contributed by atoms with Crippen LogP contribution in [-0.4, -0.2) is 9.97 Å². The average molecular weight is 220 g/mol. The van der Waals surface area contributed by atoms with Crippen LogP contribution in [0.2, 0.25) is 0 Å². The molecule has 0 aliphatic rings. The Morgan fingerprint density at radius 3 is 2.00 bits per heavy atom. The second-order valence-electron chi connectivity index (χ2n) is 2.68. The predicted molar refractivity (Wildman–Crippen MR) is 64.6 cm³/mol. The van der Waals surface area contributed by atoms with Gasteiger partial charge in [0.2, 0.25) is 5.95 Å². The van der Waals surface area contributed by atoms with Crippen molar-refractivity contribution in [1.29, 1.82) is 0 Å². The van der Waals surface area contributed by atoms with E-state index < -0.39 is 0 Å². The molecule has 0 saturated heterocycles. The van der Waals surface area contributed by atoms with Gasteiger partial charge in [0, 0.05) is 11.1 Å². The first-order valence-corrected chi connectivity index (χ1v) is 4.71. The highest BCUT2D eigenvalue weighted by Gasteiger charge is 1.84. The van der Waals surface area contributed by atoms with E-state index in [4.69, 9.17) is 11.5 Å². The second-order valence-corrected chi connectivity index (χ2v) is 3.19. The molecular weight excluding hydrogens is 208 g/mol. The minimum absolute atomic E-state index is 0.213. The minimum Gasteiger partial charge on any atom is -0.384 e. The second kappa shape index (κ2) is 5.87. The average Bonchev–Trinajstić information content (AvgIpc) is 2.19. The van der Waals surface area contributed by atoms with Crippen molar-refractivity contribution in [2.24, 2.45) is 0 Å². The first kappa shape index (κ1) is 11.3. The molecule has 0 aliphatic heterocycles. The summed E-state index contributed by atoms with van der Waals surface area (Å²) in [5, 5.41) is 0. The fraction of sp³-hybridized carbons (Fsp3) is 0. The SMILES string of the molecule is Nc1ccnc(N)n1.Sc1ccccc1. The molecule has 0 radical (unpaired) electrons. The number of nitrogens with zero attached hydrogens (tertiary/aromatic N) is 2. The summed E-state index contributed by atoms with van der Waals surface area (Å²) >= 11 is 4.08. The highest BCUT2D eigenvalue weighted by atomic mass is 32.1. The number of nitrogen functional groups attached to an aromatic ring is 2. The fourth-order valence-electron chi connectivity index (χ4n) is 0.816. The molecule has 1 aromatic carbocycles. The van der Waals surface area contributed by atoms with Crippen molar-refractivity contribution in [1.82, 2.24) is 9.97 Å². The number of thiol groups is 1. The molecular formula is C10H12N4S. The van der Waals surface area contributed by atoms with Crippen LogP contribution in [0.3, 0.4) is 0 Å². The van der Waals surface area contributed by atoms with Crippen LogP contribution in [0, 0.1) is 0 Å². The van der Waals surface area contributed by atoms with Gasteiger partial charge in [-0.3, -0.25) is 0 Å². The molecule has 0 atom stereocenters. The summed E-state index contributed by atoms with van der Waals surface area (Å²) in [5.74, 6) is 0.613. The smallest absolute Gasteiger partial charge is 0.221 e. The largest absolute Gasteiger partial charge is 0.384 e. The van der Waals surface area contributed by atoms with Crippen LogP contribution >= 0.6 is 12.6 Å². The summed E-state index contributed by atoms with van der Waals surface area (Å²) in [6.07, 6.45) is 1.51. The van der Waals surface area contributed by atoms with E-state index in [-0.39, 0.29) is 5.95 Å². The van der Waals surface area contributed by atoms with Crippen LogP contribution in [0.25, 0.3) is 0 Å². The third kappa shape index (κ3) is 4.87. The maximum absolute atomic E-state index is 5.23. The van der Waals surface area contributed by atoms with Crippen LogP contribution in [0.1, 0.15) is 0 Å². The highest BCUT2D eigenvalue weighted by Crippen LogP contribution is 2.00. The molecule has 0 unspecified atom stereocenters. The molecule has 1 heterocycles. The molecule has 4 N–H and O–H groups in total. The Kier molecular flexibility index (Phi) is 4.43. The number of benzene rings is 1. The van der Waals surface area contributed by atoms with E-state index in [1.165, 1.54) is 6.20 Å². The molecule has 2 aromatic rings. The van der Waals surface area contributed by atoms with E-state index in [0.29, 0.717) is 5.82 Å². The number of nitrogens with two attached hydrogens (primary N) is 2. The first-order chi connectivity index (χ1) is 7.18. The van der Waals surface area contributed by atoms with Crippen LogP contribution < -0.4 is 11.5 Å². The van der Waals surface area contributed by atoms with Gasteiger partial charge >= 0.3 is 0 Å². The monoisotopic (exact) mass is 220 g/mol.